The molecule has 0 saturated heterocycles. The highest BCUT2D eigenvalue weighted by atomic mass is 79.9. The van der Waals surface area contributed by atoms with Gasteiger partial charge in [0.25, 0.3) is 5.69 Å². The van der Waals surface area contributed by atoms with Gasteiger partial charge in [-0.1, -0.05) is 12.1 Å². The van der Waals surface area contributed by atoms with Gasteiger partial charge in [-0.05, 0) is 52.0 Å². The van der Waals surface area contributed by atoms with Crippen LogP contribution in [0.15, 0.2) is 63.5 Å². The van der Waals surface area contributed by atoms with E-state index in [1.54, 1.807) is 36.2 Å². The quantitative estimate of drug-likeness (QED) is 0.414. The molecule has 1 aliphatic carbocycles. The van der Waals surface area contributed by atoms with Gasteiger partial charge < -0.3 is 20.1 Å². The molecule has 1 atom stereocenters. The standard InChI is InChI=1S/C25H23BrN4O5/c1-29-19-7-4-8-20(31)23(19)22(17(12-27)25(29)28)15-10-18(26)24(21(11-15)34-2)35-13-14-5-3-6-16(9-14)30(32)33/h3,5-6,9-11,22H,4,7-8,13,28H2,1-2H3/t22-/m1/s1. The predicted octanol–water partition coefficient (Wildman–Crippen LogP) is 4.67. The number of nitro benzene ring substituents is 1. The number of nitro groups is 1. The van der Waals surface area contributed by atoms with Gasteiger partial charge in [-0.25, -0.2) is 0 Å². The first-order chi connectivity index (χ1) is 16.8. The van der Waals surface area contributed by atoms with Gasteiger partial charge in [0.1, 0.15) is 12.4 Å². The average Bonchev–Trinajstić information content (AvgIpc) is 2.85. The highest BCUT2D eigenvalue weighted by Gasteiger charge is 2.39. The summed E-state index contributed by atoms with van der Waals surface area (Å²) in [7, 11) is 3.27. The molecule has 0 aromatic heterocycles. The number of nitrogens with two attached hydrogens (primary N) is 1. The second kappa shape index (κ2) is 9.80. The van der Waals surface area contributed by atoms with Crippen LogP contribution in [0.3, 0.4) is 0 Å². The molecule has 0 amide bonds. The molecule has 2 N–H and O–H groups in total. The zero-order valence-corrected chi connectivity index (χ0v) is 20.8. The summed E-state index contributed by atoms with van der Waals surface area (Å²) in [4.78, 5) is 25.3. The molecule has 0 fully saturated rings. The van der Waals surface area contributed by atoms with Crippen molar-refractivity contribution >= 4 is 27.4 Å². The molecule has 1 heterocycles. The maximum absolute atomic E-state index is 13.0. The Hall–Kier alpha value is -3.84. The lowest BCUT2D eigenvalue weighted by atomic mass is 9.76. The Morgan fingerprint density at radius 3 is 2.77 bits per heavy atom. The van der Waals surface area contributed by atoms with Crippen LogP contribution in [0.5, 0.6) is 11.5 Å². The van der Waals surface area contributed by atoms with Gasteiger partial charge in [-0.2, -0.15) is 5.26 Å². The minimum absolute atomic E-state index is 0.00411. The van der Waals surface area contributed by atoms with E-state index < -0.39 is 10.8 Å². The molecule has 2 aromatic rings. The van der Waals surface area contributed by atoms with Crippen molar-refractivity contribution in [1.82, 2.24) is 4.90 Å². The van der Waals surface area contributed by atoms with E-state index in [4.69, 9.17) is 15.2 Å². The molecule has 2 aromatic carbocycles. The summed E-state index contributed by atoms with van der Waals surface area (Å²) in [5, 5.41) is 21.0. The van der Waals surface area contributed by atoms with Gasteiger partial charge in [0.2, 0.25) is 0 Å². The van der Waals surface area contributed by atoms with E-state index in [0.29, 0.717) is 56.9 Å². The fraction of sp³-hybridized carbons (Fsp3) is 0.280. The molecule has 1 aliphatic heterocycles. The second-order valence-electron chi connectivity index (χ2n) is 8.29. The van der Waals surface area contributed by atoms with Crippen molar-refractivity contribution in [2.45, 2.75) is 31.8 Å². The Kier molecular flexibility index (Phi) is 6.80. The number of non-ortho nitro benzene ring substituents is 1. The summed E-state index contributed by atoms with van der Waals surface area (Å²) >= 11 is 3.53. The number of carbonyl (C=O) groups is 1. The lowest BCUT2D eigenvalue weighted by molar-refractivity contribution is -0.384. The van der Waals surface area contributed by atoms with Crippen molar-refractivity contribution in [1.29, 1.82) is 5.26 Å². The lowest BCUT2D eigenvalue weighted by Gasteiger charge is -2.37. The van der Waals surface area contributed by atoms with E-state index in [9.17, 15) is 20.2 Å². The van der Waals surface area contributed by atoms with Crippen LogP contribution < -0.4 is 15.2 Å². The largest absolute Gasteiger partial charge is 0.493 e. The van der Waals surface area contributed by atoms with Gasteiger partial charge in [0.15, 0.2) is 17.3 Å². The van der Waals surface area contributed by atoms with Crippen LogP contribution in [0.2, 0.25) is 0 Å². The van der Waals surface area contributed by atoms with Crippen LogP contribution in [-0.4, -0.2) is 29.8 Å². The van der Waals surface area contributed by atoms with Crippen molar-refractivity contribution in [2.75, 3.05) is 14.2 Å². The molecule has 0 unspecified atom stereocenters. The number of ether oxygens (including phenoxy) is 2. The molecule has 0 spiro atoms. The van der Waals surface area contributed by atoms with Crippen molar-refractivity contribution < 1.29 is 19.2 Å². The van der Waals surface area contributed by atoms with E-state index in [-0.39, 0.29) is 18.1 Å². The molecule has 10 heteroatoms. The maximum atomic E-state index is 13.0. The van der Waals surface area contributed by atoms with Crippen LogP contribution in [0.4, 0.5) is 5.69 Å². The Labute approximate surface area is 210 Å². The summed E-state index contributed by atoms with van der Waals surface area (Å²) in [5.41, 5.74) is 9.32. The summed E-state index contributed by atoms with van der Waals surface area (Å²) < 4.78 is 12.1. The van der Waals surface area contributed by atoms with Crippen LogP contribution in [0.1, 0.15) is 36.3 Å². The Bertz CT molecular complexity index is 1330. The molecule has 0 bridgehead atoms. The van der Waals surface area contributed by atoms with Crippen LogP contribution in [-0.2, 0) is 11.4 Å². The molecule has 4 rings (SSSR count). The van der Waals surface area contributed by atoms with E-state index in [1.807, 2.05) is 0 Å². The van der Waals surface area contributed by atoms with Gasteiger partial charge in [-0.3, -0.25) is 14.9 Å². The third-order valence-corrected chi connectivity index (χ3v) is 6.85. The SMILES string of the molecule is COc1cc([C@@H]2C(C#N)=C(N)N(C)C3=C2C(=O)CCC3)cc(Br)c1OCc1cccc([N+](=O)[O-])c1. The van der Waals surface area contributed by atoms with Crippen molar-refractivity contribution in [3.63, 3.8) is 0 Å². The van der Waals surface area contributed by atoms with Gasteiger partial charge in [0, 0.05) is 36.9 Å². The molecule has 9 nitrogen and oxygen atoms in total. The molecule has 35 heavy (non-hydrogen) atoms. The highest BCUT2D eigenvalue weighted by molar-refractivity contribution is 9.10. The van der Waals surface area contributed by atoms with E-state index in [2.05, 4.69) is 22.0 Å². The first kappa shape index (κ1) is 24.3. The topological polar surface area (TPSA) is 132 Å². The Morgan fingerprint density at radius 2 is 2.09 bits per heavy atom. The molecule has 2 aliphatic rings. The van der Waals surface area contributed by atoms with Crippen LogP contribution in [0, 0.1) is 21.4 Å². The third kappa shape index (κ3) is 4.47. The lowest BCUT2D eigenvalue weighted by Crippen LogP contribution is -2.36. The molecule has 0 saturated carbocycles. The zero-order chi connectivity index (χ0) is 25.3. The number of methoxy groups -OCH3 is 1. The predicted molar refractivity (Wildman–Crippen MR) is 131 cm³/mol. The summed E-state index contributed by atoms with van der Waals surface area (Å²) in [6.45, 7) is 0.0777. The first-order valence-electron chi connectivity index (χ1n) is 10.9. The van der Waals surface area contributed by atoms with Crippen LogP contribution >= 0.6 is 15.9 Å². The Morgan fingerprint density at radius 1 is 1.31 bits per heavy atom. The number of rotatable bonds is 6. The fourth-order valence-electron chi connectivity index (χ4n) is 4.56. The molecule has 0 radical (unpaired) electrons. The summed E-state index contributed by atoms with van der Waals surface area (Å²) in [5.74, 6) is 0.502. The third-order valence-electron chi connectivity index (χ3n) is 6.26. The fourth-order valence-corrected chi connectivity index (χ4v) is 5.13. The molecular formula is C25H23BrN4O5. The minimum atomic E-state index is -0.616. The number of carbonyl (C=O) groups excluding carboxylic acids is 1. The van der Waals surface area contributed by atoms with Crippen molar-refractivity contribution in [2.24, 2.45) is 5.73 Å². The van der Waals surface area contributed by atoms with E-state index in [1.165, 1.54) is 19.2 Å². The number of ketones is 1. The number of Topliss-reactive ketones (excluding diaryl/α,β-unsaturated/α-hetero) is 1. The van der Waals surface area contributed by atoms with Crippen LogP contribution in [0.25, 0.3) is 0 Å². The number of nitrogens with zero attached hydrogens (tertiary/aromatic N) is 3. The second-order valence-corrected chi connectivity index (χ2v) is 9.14. The normalized spacial score (nSPS) is 17.7. The smallest absolute Gasteiger partial charge is 0.269 e. The van der Waals surface area contributed by atoms with Gasteiger partial charge in [0.05, 0.1) is 34.1 Å². The number of nitriles is 1. The molecular weight excluding hydrogens is 516 g/mol. The highest BCUT2D eigenvalue weighted by Crippen LogP contribution is 2.47. The monoisotopic (exact) mass is 538 g/mol. The molecule has 180 valence electrons. The first-order valence-corrected chi connectivity index (χ1v) is 11.7. The maximum Gasteiger partial charge on any atom is 0.269 e. The zero-order valence-electron chi connectivity index (χ0n) is 19.2. The van der Waals surface area contributed by atoms with Gasteiger partial charge >= 0.3 is 0 Å². The number of halogens is 1. The number of hydrogen-bond acceptors (Lipinski definition) is 8. The summed E-state index contributed by atoms with van der Waals surface area (Å²) in [6, 6.07) is 11.9. The van der Waals surface area contributed by atoms with Crippen molar-refractivity contribution in [3.05, 3.63) is 84.8 Å². The number of hydrogen-bond donors (Lipinski definition) is 1. The number of allylic oxidation sites excluding steroid dienone is 3. The Balaban J connectivity index is 1.73. The average molecular weight is 539 g/mol. The summed E-state index contributed by atoms with van der Waals surface area (Å²) in [6.07, 6.45) is 1.86. The number of benzene rings is 2. The van der Waals surface area contributed by atoms with Crippen molar-refractivity contribution in [3.8, 4) is 17.6 Å². The van der Waals surface area contributed by atoms with E-state index >= 15 is 0 Å². The van der Waals surface area contributed by atoms with E-state index in [0.717, 1.165) is 12.1 Å². The minimum Gasteiger partial charge on any atom is -0.493 e. The van der Waals surface area contributed by atoms with Gasteiger partial charge in [-0.15, -0.1) is 0 Å².